The van der Waals surface area contributed by atoms with Gasteiger partial charge in [0.15, 0.2) is 11.5 Å². The molecule has 0 spiro atoms. The molecule has 3 rings (SSSR count). The fourth-order valence-electron chi connectivity index (χ4n) is 2.49. The van der Waals surface area contributed by atoms with E-state index in [1.54, 1.807) is 7.11 Å². The third-order valence-electron chi connectivity index (χ3n) is 3.70. The van der Waals surface area contributed by atoms with Crippen LogP contribution in [0.1, 0.15) is 5.69 Å². The van der Waals surface area contributed by atoms with Crippen molar-refractivity contribution in [2.75, 3.05) is 26.7 Å². The molecule has 2 heterocycles. The zero-order valence-corrected chi connectivity index (χ0v) is 12.2. The topological polar surface area (TPSA) is 34.6 Å². The number of ether oxygens (including phenoxy) is 2. The molecule has 0 saturated carbocycles. The summed E-state index contributed by atoms with van der Waals surface area (Å²) in [5.41, 5.74) is 1.14. The average molecular weight is 284 g/mol. The van der Waals surface area contributed by atoms with Crippen molar-refractivity contribution >= 4 is 0 Å². The molecule has 0 aliphatic carbocycles. The zero-order chi connectivity index (χ0) is 14.5. The number of methoxy groups -OCH3 is 1. The van der Waals surface area contributed by atoms with Gasteiger partial charge >= 0.3 is 0 Å². The molecular formula is C17H20N2O2. The van der Waals surface area contributed by atoms with Gasteiger partial charge in [0.05, 0.1) is 7.11 Å². The fourth-order valence-corrected chi connectivity index (χ4v) is 2.49. The molecule has 4 heteroatoms. The molecule has 1 aromatic carbocycles. The van der Waals surface area contributed by atoms with Crippen molar-refractivity contribution in [2.24, 2.45) is 0 Å². The second-order valence-corrected chi connectivity index (χ2v) is 5.22. The van der Waals surface area contributed by atoms with E-state index in [2.05, 4.69) is 16.0 Å². The first-order valence-electron chi connectivity index (χ1n) is 7.27. The highest BCUT2D eigenvalue weighted by molar-refractivity contribution is 5.39. The Bertz CT molecular complexity index is 568. The molecule has 0 unspecified atom stereocenters. The van der Waals surface area contributed by atoms with E-state index in [0.29, 0.717) is 0 Å². The first-order valence-corrected chi connectivity index (χ1v) is 7.27. The molecule has 1 fully saturated rings. The fraction of sp³-hybridized carbons (Fsp3) is 0.353. The minimum atomic E-state index is 0.255. The van der Waals surface area contributed by atoms with Crippen LogP contribution in [-0.4, -0.2) is 42.7 Å². The summed E-state index contributed by atoms with van der Waals surface area (Å²) in [6.07, 6.45) is 3.09. The molecule has 1 aliphatic heterocycles. The van der Waals surface area contributed by atoms with Crippen molar-refractivity contribution in [3.63, 3.8) is 0 Å². The molecule has 0 N–H and O–H groups in total. The monoisotopic (exact) mass is 284 g/mol. The molecule has 1 saturated heterocycles. The molecule has 2 aromatic rings. The average Bonchev–Trinajstić information content (AvgIpc) is 2.50. The second-order valence-electron chi connectivity index (χ2n) is 5.22. The van der Waals surface area contributed by atoms with E-state index in [1.165, 1.54) is 0 Å². The number of pyridine rings is 1. The largest absolute Gasteiger partial charge is 0.493 e. The quantitative estimate of drug-likeness (QED) is 0.816. The molecule has 110 valence electrons. The third kappa shape index (κ3) is 3.52. The van der Waals surface area contributed by atoms with Gasteiger partial charge in [-0.3, -0.25) is 9.88 Å². The van der Waals surface area contributed by atoms with Gasteiger partial charge in [-0.25, -0.2) is 0 Å². The van der Waals surface area contributed by atoms with Gasteiger partial charge in [-0.1, -0.05) is 18.2 Å². The molecular weight excluding hydrogens is 264 g/mol. The van der Waals surface area contributed by atoms with Crippen molar-refractivity contribution < 1.29 is 9.47 Å². The maximum absolute atomic E-state index is 5.97. The lowest BCUT2D eigenvalue weighted by molar-refractivity contribution is 0.0192. The van der Waals surface area contributed by atoms with Crippen LogP contribution in [0.5, 0.6) is 11.5 Å². The van der Waals surface area contributed by atoms with Crippen molar-refractivity contribution in [2.45, 2.75) is 12.5 Å². The normalized spacial score (nSPS) is 15.5. The molecule has 21 heavy (non-hydrogen) atoms. The predicted molar refractivity (Wildman–Crippen MR) is 81.8 cm³/mol. The van der Waals surface area contributed by atoms with Crippen LogP contribution in [0.2, 0.25) is 0 Å². The van der Waals surface area contributed by atoms with Gasteiger partial charge in [0.2, 0.25) is 0 Å². The van der Waals surface area contributed by atoms with Crippen molar-refractivity contribution in [1.82, 2.24) is 9.88 Å². The van der Waals surface area contributed by atoms with Crippen LogP contribution in [0.4, 0.5) is 0 Å². The molecule has 0 amide bonds. The number of nitrogens with zero attached hydrogens (tertiary/aromatic N) is 2. The molecule has 0 atom stereocenters. The van der Waals surface area contributed by atoms with E-state index in [9.17, 15) is 0 Å². The standard InChI is InChI=1S/C17H20N2O2/c1-20-16-7-2-3-8-17(16)21-15-12-19(13-15)11-9-14-6-4-5-10-18-14/h2-8,10,15H,9,11-13H2,1H3. The van der Waals surface area contributed by atoms with Crippen LogP contribution < -0.4 is 9.47 Å². The van der Waals surface area contributed by atoms with E-state index in [4.69, 9.17) is 9.47 Å². The van der Waals surface area contributed by atoms with Crippen LogP contribution >= 0.6 is 0 Å². The van der Waals surface area contributed by atoms with Crippen molar-refractivity contribution in [3.8, 4) is 11.5 Å². The smallest absolute Gasteiger partial charge is 0.161 e. The summed E-state index contributed by atoms with van der Waals surface area (Å²) in [4.78, 5) is 6.73. The molecule has 0 radical (unpaired) electrons. The van der Waals surface area contributed by atoms with Gasteiger partial charge in [0, 0.05) is 37.9 Å². The summed E-state index contributed by atoms with van der Waals surface area (Å²) in [6, 6.07) is 13.8. The van der Waals surface area contributed by atoms with Gasteiger partial charge in [0.1, 0.15) is 6.10 Å². The summed E-state index contributed by atoms with van der Waals surface area (Å²) >= 11 is 0. The lowest BCUT2D eigenvalue weighted by atomic mass is 10.1. The number of likely N-dealkylation sites (tertiary alicyclic amines) is 1. The Hall–Kier alpha value is -2.07. The second kappa shape index (κ2) is 6.59. The molecule has 1 aliphatic rings. The summed E-state index contributed by atoms with van der Waals surface area (Å²) < 4.78 is 11.3. The Kier molecular flexibility index (Phi) is 4.36. The SMILES string of the molecule is COc1ccccc1OC1CN(CCc2ccccn2)C1. The highest BCUT2D eigenvalue weighted by Gasteiger charge is 2.28. The van der Waals surface area contributed by atoms with Crippen molar-refractivity contribution in [3.05, 3.63) is 54.4 Å². The van der Waals surface area contributed by atoms with Crippen LogP contribution in [0.25, 0.3) is 0 Å². The van der Waals surface area contributed by atoms with E-state index >= 15 is 0 Å². The third-order valence-corrected chi connectivity index (χ3v) is 3.70. The van der Waals surface area contributed by atoms with Crippen LogP contribution in [-0.2, 0) is 6.42 Å². The number of benzene rings is 1. The van der Waals surface area contributed by atoms with E-state index < -0.39 is 0 Å². The summed E-state index contributed by atoms with van der Waals surface area (Å²) in [5.74, 6) is 1.62. The Balaban J connectivity index is 1.44. The molecule has 4 nitrogen and oxygen atoms in total. The van der Waals surface area contributed by atoms with Crippen LogP contribution in [0.15, 0.2) is 48.7 Å². The predicted octanol–water partition coefficient (Wildman–Crippen LogP) is 2.40. The highest BCUT2D eigenvalue weighted by atomic mass is 16.5. The number of para-hydroxylation sites is 2. The van der Waals surface area contributed by atoms with E-state index in [1.807, 2.05) is 42.6 Å². The summed E-state index contributed by atoms with van der Waals surface area (Å²) in [5, 5.41) is 0. The van der Waals surface area contributed by atoms with Gasteiger partial charge in [0.25, 0.3) is 0 Å². The van der Waals surface area contributed by atoms with E-state index in [-0.39, 0.29) is 6.10 Å². The van der Waals surface area contributed by atoms with E-state index in [0.717, 1.165) is 43.2 Å². The van der Waals surface area contributed by atoms with Gasteiger partial charge < -0.3 is 9.47 Å². The number of rotatable bonds is 6. The number of hydrogen-bond acceptors (Lipinski definition) is 4. The number of hydrogen-bond donors (Lipinski definition) is 0. The Morgan fingerprint density at radius 3 is 2.57 bits per heavy atom. The summed E-state index contributed by atoms with van der Waals surface area (Å²) in [6.45, 7) is 2.96. The first-order chi connectivity index (χ1) is 10.3. The lowest BCUT2D eigenvalue weighted by Crippen LogP contribution is -2.54. The zero-order valence-electron chi connectivity index (χ0n) is 12.2. The summed E-state index contributed by atoms with van der Waals surface area (Å²) in [7, 11) is 1.67. The number of aromatic nitrogens is 1. The Labute approximate surface area is 125 Å². The first kappa shape index (κ1) is 13.9. The van der Waals surface area contributed by atoms with Gasteiger partial charge in [-0.2, -0.15) is 0 Å². The van der Waals surface area contributed by atoms with Crippen molar-refractivity contribution in [1.29, 1.82) is 0 Å². The maximum Gasteiger partial charge on any atom is 0.161 e. The van der Waals surface area contributed by atoms with Crippen LogP contribution in [0.3, 0.4) is 0 Å². The molecule has 1 aromatic heterocycles. The Morgan fingerprint density at radius 1 is 1.10 bits per heavy atom. The van der Waals surface area contributed by atoms with Crippen LogP contribution in [0, 0.1) is 0 Å². The lowest BCUT2D eigenvalue weighted by Gasteiger charge is -2.39. The minimum absolute atomic E-state index is 0.255. The van der Waals surface area contributed by atoms with Gasteiger partial charge in [-0.05, 0) is 24.3 Å². The highest BCUT2D eigenvalue weighted by Crippen LogP contribution is 2.28. The maximum atomic E-state index is 5.97. The minimum Gasteiger partial charge on any atom is -0.493 e. The molecule has 0 bridgehead atoms. The Morgan fingerprint density at radius 2 is 1.86 bits per heavy atom. The van der Waals surface area contributed by atoms with Gasteiger partial charge in [-0.15, -0.1) is 0 Å².